The van der Waals surface area contributed by atoms with Gasteiger partial charge in [0.1, 0.15) is 28.8 Å². The van der Waals surface area contributed by atoms with Crippen LogP contribution in [0, 0.1) is 11.6 Å². The third-order valence-corrected chi connectivity index (χ3v) is 3.50. The Kier molecular flexibility index (Phi) is 4.78. The van der Waals surface area contributed by atoms with Crippen molar-refractivity contribution in [2.24, 2.45) is 0 Å². The van der Waals surface area contributed by atoms with E-state index in [4.69, 9.17) is 14.0 Å². The summed E-state index contributed by atoms with van der Waals surface area (Å²) < 4.78 is 42.7. The van der Waals surface area contributed by atoms with Crippen molar-refractivity contribution in [3.05, 3.63) is 53.9 Å². The highest BCUT2D eigenvalue weighted by Crippen LogP contribution is 2.31. The summed E-state index contributed by atoms with van der Waals surface area (Å²) in [6, 6.07) is 8.77. The minimum Gasteiger partial charge on any atom is -0.497 e. The SMILES string of the molecule is COc1ccc(-c2noc(CNc3c(F)cccc3F)n2)c(OC)c1. The van der Waals surface area contributed by atoms with Gasteiger partial charge in [-0.2, -0.15) is 4.98 Å². The highest BCUT2D eigenvalue weighted by Gasteiger charge is 2.15. The van der Waals surface area contributed by atoms with Gasteiger partial charge in [0, 0.05) is 6.07 Å². The lowest BCUT2D eigenvalue weighted by Crippen LogP contribution is -2.04. The summed E-state index contributed by atoms with van der Waals surface area (Å²) in [6.07, 6.45) is 0. The highest BCUT2D eigenvalue weighted by atomic mass is 19.1. The summed E-state index contributed by atoms with van der Waals surface area (Å²) >= 11 is 0. The first-order valence-electron chi connectivity index (χ1n) is 7.35. The molecular weight excluding hydrogens is 332 g/mol. The van der Waals surface area contributed by atoms with Gasteiger partial charge in [0.05, 0.1) is 26.3 Å². The molecule has 1 heterocycles. The maximum absolute atomic E-state index is 13.6. The molecule has 0 fully saturated rings. The summed E-state index contributed by atoms with van der Waals surface area (Å²) in [7, 11) is 3.07. The number of rotatable bonds is 6. The van der Waals surface area contributed by atoms with Gasteiger partial charge in [-0.3, -0.25) is 0 Å². The number of halogens is 2. The smallest absolute Gasteiger partial charge is 0.246 e. The molecule has 0 saturated carbocycles. The molecule has 25 heavy (non-hydrogen) atoms. The van der Waals surface area contributed by atoms with E-state index in [1.54, 1.807) is 25.3 Å². The van der Waals surface area contributed by atoms with Gasteiger partial charge in [-0.1, -0.05) is 11.2 Å². The summed E-state index contributed by atoms with van der Waals surface area (Å²) in [5.74, 6) is 0.217. The largest absolute Gasteiger partial charge is 0.497 e. The van der Waals surface area contributed by atoms with E-state index in [0.29, 0.717) is 22.9 Å². The van der Waals surface area contributed by atoms with Crippen molar-refractivity contribution in [3.8, 4) is 22.9 Å². The first-order chi connectivity index (χ1) is 12.1. The molecule has 0 saturated heterocycles. The van der Waals surface area contributed by atoms with E-state index in [-0.39, 0.29) is 18.1 Å². The molecule has 0 radical (unpaired) electrons. The molecule has 0 aliphatic rings. The second-order valence-corrected chi connectivity index (χ2v) is 5.03. The maximum atomic E-state index is 13.6. The van der Waals surface area contributed by atoms with Gasteiger partial charge < -0.3 is 19.3 Å². The maximum Gasteiger partial charge on any atom is 0.246 e. The van der Waals surface area contributed by atoms with Gasteiger partial charge in [0.2, 0.25) is 11.7 Å². The second-order valence-electron chi connectivity index (χ2n) is 5.03. The van der Waals surface area contributed by atoms with Crippen LogP contribution in [0.1, 0.15) is 5.89 Å². The Balaban J connectivity index is 1.79. The molecule has 6 nitrogen and oxygen atoms in total. The number of para-hydroxylation sites is 1. The lowest BCUT2D eigenvalue weighted by atomic mass is 10.2. The van der Waals surface area contributed by atoms with E-state index < -0.39 is 11.6 Å². The molecule has 0 amide bonds. The van der Waals surface area contributed by atoms with Crippen molar-refractivity contribution in [2.45, 2.75) is 6.54 Å². The summed E-state index contributed by atoms with van der Waals surface area (Å²) in [6.45, 7) is -0.0245. The molecule has 0 aliphatic heterocycles. The second kappa shape index (κ2) is 7.16. The summed E-state index contributed by atoms with van der Waals surface area (Å²) in [5.41, 5.74) is 0.361. The molecule has 0 unspecified atom stereocenters. The Labute approximate surface area is 142 Å². The van der Waals surface area contributed by atoms with Crippen LogP contribution in [0.5, 0.6) is 11.5 Å². The first-order valence-corrected chi connectivity index (χ1v) is 7.35. The zero-order valence-electron chi connectivity index (χ0n) is 13.5. The van der Waals surface area contributed by atoms with Crippen LogP contribution >= 0.6 is 0 Å². The Morgan fingerprint density at radius 1 is 1.08 bits per heavy atom. The number of nitrogens with one attached hydrogen (secondary N) is 1. The van der Waals surface area contributed by atoms with E-state index in [2.05, 4.69) is 15.5 Å². The lowest BCUT2D eigenvalue weighted by molar-refractivity contribution is 0.382. The van der Waals surface area contributed by atoms with E-state index >= 15 is 0 Å². The number of benzene rings is 2. The fourth-order valence-electron chi connectivity index (χ4n) is 2.25. The Hall–Kier alpha value is -3.16. The fourth-order valence-corrected chi connectivity index (χ4v) is 2.25. The number of nitrogens with zero attached hydrogens (tertiary/aromatic N) is 2. The molecule has 0 bridgehead atoms. The van der Waals surface area contributed by atoms with Gasteiger partial charge >= 0.3 is 0 Å². The van der Waals surface area contributed by atoms with Crippen LogP contribution in [0.25, 0.3) is 11.4 Å². The number of ether oxygens (including phenoxy) is 2. The Bertz CT molecular complexity index is 863. The van der Waals surface area contributed by atoms with Gasteiger partial charge in [-0.15, -0.1) is 0 Å². The normalized spacial score (nSPS) is 10.6. The standard InChI is InChI=1S/C17H15F2N3O3/c1-23-10-6-7-11(14(8-10)24-2)17-21-15(25-22-17)9-20-16-12(18)4-3-5-13(16)19/h3-8,20H,9H2,1-2H3. The van der Waals surface area contributed by atoms with Crippen molar-refractivity contribution >= 4 is 5.69 Å². The number of methoxy groups -OCH3 is 2. The van der Waals surface area contributed by atoms with Crippen LogP contribution in [0.3, 0.4) is 0 Å². The van der Waals surface area contributed by atoms with E-state index in [1.165, 1.54) is 13.2 Å². The molecule has 0 atom stereocenters. The van der Waals surface area contributed by atoms with Crippen LogP contribution < -0.4 is 14.8 Å². The zero-order valence-corrected chi connectivity index (χ0v) is 13.5. The number of hydrogen-bond acceptors (Lipinski definition) is 6. The van der Waals surface area contributed by atoms with Crippen molar-refractivity contribution < 1.29 is 22.8 Å². The predicted octanol–water partition coefficient (Wildman–Crippen LogP) is 3.64. The minimum atomic E-state index is -0.698. The van der Waals surface area contributed by atoms with Crippen LogP contribution in [0.15, 0.2) is 40.9 Å². The first kappa shape index (κ1) is 16.7. The minimum absolute atomic E-state index is 0.0245. The van der Waals surface area contributed by atoms with Gasteiger partial charge in [-0.05, 0) is 24.3 Å². The molecule has 130 valence electrons. The Morgan fingerprint density at radius 3 is 2.52 bits per heavy atom. The zero-order chi connectivity index (χ0) is 17.8. The number of hydrogen-bond donors (Lipinski definition) is 1. The summed E-state index contributed by atoms with van der Waals surface area (Å²) in [4.78, 5) is 4.21. The molecule has 3 aromatic rings. The van der Waals surface area contributed by atoms with Crippen molar-refractivity contribution in [1.82, 2.24) is 10.1 Å². The predicted molar refractivity (Wildman–Crippen MR) is 86.5 cm³/mol. The van der Waals surface area contributed by atoms with Gasteiger partial charge in [0.25, 0.3) is 0 Å². The topological polar surface area (TPSA) is 69.4 Å². The molecular formula is C17H15F2N3O3. The van der Waals surface area contributed by atoms with Crippen LogP contribution in [-0.2, 0) is 6.54 Å². The molecule has 2 aromatic carbocycles. The molecule has 3 rings (SSSR count). The fraction of sp³-hybridized carbons (Fsp3) is 0.176. The lowest BCUT2D eigenvalue weighted by Gasteiger charge is -2.07. The Morgan fingerprint density at radius 2 is 1.84 bits per heavy atom. The molecule has 1 N–H and O–H groups in total. The van der Waals surface area contributed by atoms with Crippen molar-refractivity contribution in [1.29, 1.82) is 0 Å². The van der Waals surface area contributed by atoms with E-state index in [0.717, 1.165) is 12.1 Å². The monoisotopic (exact) mass is 347 g/mol. The average Bonchev–Trinajstić information content (AvgIpc) is 3.09. The molecule has 0 spiro atoms. The van der Waals surface area contributed by atoms with Crippen LogP contribution in [0.4, 0.5) is 14.5 Å². The van der Waals surface area contributed by atoms with Crippen LogP contribution in [0.2, 0.25) is 0 Å². The molecule has 1 aromatic heterocycles. The van der Waals surface area contributed by atoms with E-state index in [1.807, 2.05) is 0 Å². The third kappa shape index (κ3) is 3.52. The van der Waals surface area contributed by atoms with Gasteiger partial charge in [0.15, 0.2) is 0 Å². The number of anilines is 1. The van der Waals surface area contributed by atoms with Crippen molar-refractivity contribution in [3.63, 3.8) is 0 Å². The highest BCUT2D eigenvalue weighted by molar-refractivity contribution is 5.65. The van der Waals surface area contributed by atoms with E-state index in [9.17, 15) is 8.78 Å². The van der Waals surface area contributed by atoms with Crippen molar-refractivity contribution in [2.75, 3.05) is 19.5 Å². The average molecular weight is 347 g/mol. The molecule has 8 heteroatoms. The third-order valence-electron chi connectivity index (χ3n) is 3.50. The van der Waals surface area contributed by atoms with Crippen LogP contribution in [-0.4, -0.2) is 24.4 Å². The van der Waals surface area contributed by atoms with Gasteiger partial charge in [-0.25, -0.2) is 8.78 Å². The quantitative estimate of drug-likeness (QED) is 0.734. The number of aromatic nitrogens is 2. The molecule has 0 aliphatic carbocycles. The summed E-state index contributed by atoms with van der Waals surface area (Å²) in [5, 5.41) is 6.48.